The fourth-order valence-corrected chi connectivity index (χ4v) is 14.1. The molecule has 0 atom stereocenters. The van der Waals surface area contributed by atoms with Crippen LogP contribution in [0, 0.1) is 30.2 Å². The molecule has 16 rings (SSSR count). The normalized spacial score (nSPS) is 17.3. The number of halogens is 7. The molecule has 0 radical (unpaired) electrons. The Labute approximate surface area is 573 Å². The number of nitrogens with one attached hydrogen (secondary N) is 8. The molecule has 504 valence electrons. The summed E-state index contributed by atoms with van der Waals surface area (Å²) in [6, 6.07) is 13.9. The molecule has 8 amide bonds. The molecule has 8 aromatic rings. The summed E-state index contributed by atoms with van der Waals surface area (Å²) in [5.74, 6) is 0.459. The number of aromatic nitrogens is 9. The van der Waals surface area contributed by atoms with E-state index >= 15 is 0 Å². The van der Waals surface area contributed by atoms with Crippen molar-refractivity contribution in [2.24, 2.45) is 0 Å². The maximum atomic E-state index is 14.0. The second-order valence-electron chi connectivity index (χ2n) is 25.9. The Kier molecular flexibility index (Phi) is 20.2. The SMILES string of the molecule is Cc1cc(NC(=O)N2CCc3[nH]nc(C4CCC4)c3C2)ccc1F.O=C(Nc1ccc(F)c(Br)c1)N1CCc2[nH]nc(C3CCC3)c2C1.O=C(Nc1ccc(F)c(Cl)c1)N1CCc2[nH]nc(C3CCC3)c2C1.O=C(Nc1ccnc(Br)c1F)N1CCc2[nH]nc(C3CCC3)c2C1. The van der Waals surface area contributed by atoms with E-state index in [-0.39, 0.29) is 51.1 Å². The summed E-state index contributed by atoms with van der Waals surface area (Å²) < 4.78 is 54.3. The Morgan fingerprint density at radius 3 is 1.16 bits per heavy atom. The second kappa shape index (κ2) is 29.2. The Morgan fingerprint density at radius 2 is 0.812 bits per heavy atom. The van der Waals surface area contributed by atoms with E-state index in [1.165, 1.54) is 142 Å². The predicted octanol–water partition coefficient (Wildman–Crippen LogP) is 15.5. The number of pyridine rings is 1. The highest BCUT2D eigenvalue weighted by Gasteiger charge is 2.36. The van der Waals surface area contributed by atoms with Gasteiger partial charge in [0, 0.05) is 144 Å². The first-order valence-corrected chi connectivity index (χ1v) is 34.9. The van der Waals surface area contributed by atoms with Crippen molar-refractivity contribution in [3.63, 3.8) is 0 Å². The molecule has 28 heteroatoms. The van der Waals surface area contributed by atoms with Gasteiger partial charge in [-0.1, -0.05) is 37.3 Å². The van der Waals surface area contributed by atoms with E-state index < -0.39 is 11.6 Å². The van der Waals surface area contributed by atoms with Gasteiger partial charge in [-0.3, -0.25) is 20.4 Å². The van der Waals surface area contributed by atoms with Gasteiger partial charge in [-0.25, -0.2) is 41.7 Å². The van der Waals surface area contributed by atoms with Crippen LogP contribution in [-0.4, -0.2) is 116 Å². The number of amides is 8. The Hall–Kier alpha value is -8.30. The zero-order valence-electron chi connectivity index (χ0n) is 52.9. The van der Waals surface area contributed by atoms with Crippen LogP contribution in [0.2, 0.25) is 5.02 Å². The fraction of sp³-hybridized carbons (Fsp3) is 0.426. The molecule has 4 saturated carbocycles. The number of aromatic amines is 4. The van der Waals surface area contributed by atoms with Crippen molar-refractivity contribution < 1.29 is 36.7 Å². The zero-order chi connectivity index (χ0) is 66.7. The number of rotatable bonds is 8. The first-order valence-electron chi connectivity index (χ1n) is 32.9. The van der Waals surface area contributed by atoms with Gasteiger partial charge in [-0.05, 0) is 156 Å². The number of carbonyl (C=O) groups is 4. The van der Waals surface area contributed by atoms with Gasteiger partial charge in [0.1, 0.15) is 22.1 Å². The number of H-pyrrole nitrogens is 4. The summed E-state index contributed by atoms with van der Waals surface area (Å²) in [6.07, 6.45) is 19.0. The molecule has 0 spiro atoms. The molecule has 8 N–H and O–H groups in total. The minimum atomic E-state index is -0.568. The van der Waals surface area contributed by atoms with Gasteiger partial charge in [0.15, 0.2) is 5.82 Å². The minimum Gasteiger partial charge on any atom is -0.320 e. The first-order chi connectivity index (χ1) is 46.5. The van der Waals surface area contributed by atoms with Crippen molar-refractivity contribution in [3.05, 3.63) is 178 Å². The van der Waals surface area contributed by atoms with Gasteiger partial charge in [-0.2, -0.15) is 20.4 Å². The first kappa shape index (κ1) is 66.3. The van der Waals surface area contributed by atoms with Gasteiger partial charge in [0.25, 0.3) is 0 Å². The fourth-order valence-electron chi connectivity index (χ4n) is 13.2. The molecule has 4 aliphatic carbocycles. The van der Waals surface area contributed by atoms with E-state index in [2.05, 4.69) is 98.9 Å². The lowest BCUT2D eigenvalue weighted by Gasteiger charge is -2.30. The summed E-state index contributed by atoms with van der Waals surface area (Å²) in [4.78, 5) is 61.0. The average Bonchev–Trinajstić information content (AvgIpc) is 1.62. The number of hydrogen-bond donors (Lipinski definition) is 8. The van der Waals surface area contributed by atoms with Crippen molar-refractivity contribution >= 4 is 90.3 Å². The quantitative estimate of drug-likeness (QED) is 0.0531. The molecule has 0 unspecified atom stereocenters. The predicted molar refractivity (Wildman–Crippen MR) is 362 cm³/mol. The number of benzene rings is 3. The molecule has 21 nitrogen and oxygen atoms in total. The third-order valence-corrected chi connectivity index (χ3v) is 21.3. The van der Waals surface area contributed by atoms with Gasteiger partial charge in [0.2, 0.25) is 0 Å². The van der Waals surface area contributed by atoms with Gasteiger partial charge in [-0.15, -0.1) is 0 Å². The van der Waals surface area contributed by atoms with Crippen LogP contribution in [0.1, 0.15) is 174 Å². The molecule has 0 bridgehead atoms. The van der Waals surface area contributed by atoms with Gasteiger partial charge < -0.3 is 40.9 Å². The summed E-state index contributed by atoms with van der Waals surface area (Å²) in [5.41, 5.74) is 16.1. The van der Waals surface area contributed by atoms with Crippen molar-refractivity contribution in [2.75, 3.05) is 47.4 Å². The molecule has 96 heavy (non-hydrogen) atoms. The van der Waals surface area contributed by atoms with Crippen molar-refractivity contribution in [3.8, 4) is 0 Å². The summed E-state index contributed by atoms with van der Waals surface area (Å²) in [7, 11) is 0. The third-order valence-electron chi connectivity index (χ3n) is 19.8. The van der Waals surface area contributed by atoms with Crippen LogP contribution in [0.5, 0.6) is 0 Å². The average molecular weight is 1460 g/mol. The van der Waals surface area contributed by atoms with E-state index in [0.29, 0.717) is 103 Å². The number of fused-ring (bicyclic) bond motifs is 4. The van der Waals surface area contributed by atoms with Crippen LogP contribution in [0.4, 0.5) is 59.5 Å². The van der Waals surface area contributed by atoms with Crippen LogP contribution in [0.15, 0.2) is 75.9 Å². The Balaban J connectivity index is 0.000000116. The van der Waals surface area contributed by atoms with E-state index in [9.17, 15) is 36.7 Å². The molecule has 4 fully saturated rings. The van der Waals surface area contributed by atoms with E-state index in [1.54, 1.807) is 50.8 Å². The number of hydrogen-bond acceptors (Lipinski definition) is 9. The molecular formula is C68H74Br2ClF4N17O4. The topological polar surface area (TPSA) is 257 Å². The van der Waals surface area contributed by atoms with Crippen LogP contribution in [-0.2, 0) is 51.9 Å². The summed E-state index contributed by atoms with van der Waals surface area (Å²) in [5, 5.41) is 41.6. The Bertz CT molecular complexity index is 3890. The largest absolute Gasteiger partial charge is 0.322 e. The number of urea groups is 4. The molecule has 4 aliphatic heterocycles. The number of nitrogens with zero attached hydrogens (tertiary/aromatic N) is 9. The van der Waals surface area contributed by atoms with E-state index in [4.69, 9.17) is 11.6 Å². The maximum Gasteiger partial charge on any atom is 0.322 e. The highest BCUT2D eigenvalue weighted by Crippen LogP contribution is 2.43. The highest BCUT2D eigenvalue weighted by molar-refractivity contribution is 9.10. The number of anilines is 4. The summed E-state index contributed by atoms with van der Waals surface area (Å²) >= 11 is 11.9. The van der Waals surface area contributed by atoms with Crippen molar-refractivity contribution in [1.29, 1.82) is 0 Å². The van der Waals surface area contributed by atoms with E-state index in [1.807, 2.05) is 0 Å². The molecule has 3 aromatic carbocycles. The third kappa shape index (κ3) is 14.7. The van der Waals surface area contributed by atoms with Gasteiger partial charge >= 0.3 is 24.1 Å². The van der Waals surface area contributed by atoms with Crippen molar-refractivity contribution in [2.45, 2.75) is 160 Å². The number of aryl methyl sites for hydroxylation is 1. The standard InChI is InChI=1S/C18H21FN4O.C17H18BrFN4O.C17H18ClFN4O.C16H17BrFN5O/c1-11-9-13(5-6-15(11)19)20-18(24)23-8-7-16-14(10-23)17(22-21-16)12-3-2-4-12;2*18-13-8-11(4-5-14(13)19)20-17(24)23-7-6-15-12(9-23)16(22-21-15)10-2-1-3-10;17-15-13(18)12(4-6-19-15)20-16(24)23-7-5-11-10(8-23)14(22-21-11)9-2-1-3-9/h5-6,9,12H,2-4,7-8,10H2,1H3,(H,20,24)(H,21,22);2*4-5,8,10H,1-3,6-7,9H2,(H,20,24)(H,21,22);4,6,9H,1-3,5,7-8H2,(H,21,22)(H,19,20,24). The van der Waals surface area contributed by atoms with Crippen LogP contribution in [0.3, 0.4) is 0 Å². The lowest BCUT2D eigenvalue weighted by atomic mass is 9.81. The van der Waals surface area contributed by atoms with Crippen molar-refractivity contribution in [1.82, 2.24) is 65.4 Å². The maximum absolute atomic E-state index is 14.0. The van der Waals surface area contributed by atoms with Gasteiger partial charge in [0.05, 0.1) is 64.1 Å². The molecule has 9 heterocycles. The summed E-state index contributed by atoms with van der Waals surface area (Å²) in [6.45, 7) is 6.43. The monoisotopic (exact) mass is 1460 g/mol. The lowest BCUT2D eigenvalue weighted by Crippen LogP contribution is -2.39. The second-order valence-corrected chi connectivity index (χ2v) is 27.9. The molecular weight excluding hydrogens is 1390 g/mol. The lowest BCUT2D eigenvalue weighted by molar-refractivity contribution is 0.205. The van der Waals surface area contributed by atoms with Crippen LogP contribution in [0.25, 0.3) is 0 Å². The number of carbonyl (C=O) groups excluding carboxylic acids is 4. The van der Waals surface area contributed by atoms with Crippen LogP contribution < -0.4 is 21.3 Å². The Morgan fingerprint density at radius 1 is 0.469 bits per heavy atom. The molecule has 8 aliphatic rings. The smallest absolute Gasteiger partial charge is 0.320 e. The minimum absolute atomic E-state index is 0.00386. The highest BCUT2D eigenvalue weighted by atomic mass is 79.9. The van der Waals surface area contributed by atoms with Crippen LogP contribution >= 0.6 is 43.5 Å². The molecule has 5 aromatic heterocycles. The zero-order valence-corrected chi connectivity index (χ0v) is 56.9. The van der Waals surface area contributed by atoms with E-state index in [0.717, 1.165) is 71.1 Å². The molecule has 0 saturated heterocycles.